The van der Waals surface area contributed by atoms with Crippen molar-refractivity contribution >= 4 is 96.4 Å². The lowest BCUT2D eigenvalue weighted by atomic mass is 9.82. The summed E-state index contributed by atoms with van der Waals surface area (Å²) in [4.78, 5) is 3.87. The molecule has 9 aromatic carbocycles. The highest BCUT2D eigenvalue weighted by Gasteiger charge is 2.23. The number of thiophene rings is 1. The van der Waals surface area contributed by atoms with E-state index in [1.54, 1.807) is 0 Å². The van der Waals surface area contributed by atoms with Gasteiger partial charge in [0.2, 0.25) is 0 Å². The summed E-state index contributed by atoms with van der Waals surface area (Å²) in [6.45, 7) is 0. The second kappa shape index (κ2) is 8.94. The van der Waals surface area contributed by atoms with Gasteiger partial charge in [-0.15, -0.1) is 11.3 Å². The molecule has 11 rings (SSSR count). The van der Waals surface area contributed by atoms with Crippen LogP contribution < -0.4 is 0 Å². The predicted octanol–water partition coefficient (Wildman–Crippen LogP) is 13.1. The van der Waals surface area contributed by atoms with E-state index in [-0.39, 0.29) is 0 Å². The molecule has 0 aliphatic heterocycles. The number of nitrogens with one attached hydrogen (secondary N) is 1. The van der Waals surface area contributed by atoms with Gasteiger partial charge >= 0.3 is 0 Å². The molecular weight excluding hydrogens is 575 g/mol. The number of fused-ring (bicyclic) bond motifs is 6. The van der Waals surface area contributed by atoms with E-state index < -0.39 is 0 Å². The van der Waals surface area contributed by atoms with Gasteiger partial charge in [-0.2, -0.15) is 0 Å². The molecular formula is C44H25NS. The Morgan fingerprint density at radius 2 is 0.935 bits per heavy atom. The van der Waals surface area contributed by atoms with E-state index in [0.717, 1.165) is 0 Å². The molecule has 0 saturated carbocycles. The van der Waals surface area contributed by atoms with Gasteiger partial charge in [0.25, 0.3) is 0 Å². The van der Waals surface area contributed by atoms with Crippen molar-refractivity contribution in [1.82, 2.24) is 4.98 Å². The lowest BCUT2D eigenvalue weighted by molar-refractivity contribution is 1.55. The lowest BCUT2D eigenvalue weighted by Crippen LogP contribution is -1.93. The van der Waals surface area contributed by atoms with Gasteiger partial charge in [-0.3, -0.25) is 0 Å². The first kappa shape index (κ1) is 24.6. The zero-order valence-electron chi connectivity index (χ0n) is 24.8. The Balaban J connectivity index is 1.37. The van der Waals surface area contributed by atoms with Gasteiger partial charge in [0.1, 0.15) is 0 Å². The van der Waals surface area contributed by atoms with Gasteiger partial charge in [0, 0.05) is 47.6 Å². The fourth-order valence-electron chi connectivity index (χ4n) is 8.28. The standard InChI is InChI=1S/C44H25NS/c1-2-13-27-25(11-1)23-35-28-14-7-8-20-36(28)45-44(35)43(27)41-31-17-5-3-15-29(31)40(30-16-4-6-18-32(30)41)34-24-26-12-9-21-37-39(26)42-33(34)19-10-22-38(42)46-37/h1-24,45H. The molecule has 212 valence electrons. The summed E-state index contributed by atoms with van der Waals surface area (Å²) < 4.78 is 2.71. The SMILES string of the molecule is c1ccc2c(-c3c4ccccc4c(-c4cc5cccc6sc7cccc4c7c56)c4ccccc34)c3[nH]c4ccccc4c3cc2c1. The fourth-order valence-corrected chi connectivity index (χ4v) is 9.44. The molecule has 2 heteroatoms. The summed E-state index contributed by atoms with van der Waals surface area (Å²) in [5.41, 5.74) is 7.53. The van der Waals surface area contributed by atoms with Crippen LogP contribution in [0.5, 0.6) is 0 Å². The van der Waals surface area contributed by atoms with Crippen LogP contribution in [0.25, 0.3) is 107 Å². The molecule has 2 aromatic heterocycles. The number of H-pyrrole nitrogens is 1. The molecule has 11 aromatic rings. The average molecular weight is 600 g/mol. The minimum Gasteiger partial charge on any atom is -0.354 e. The normalized spacial score (nSPS) is 12.3. The third-order valence-electron chi connectivity index (χ3n) is 10.1. The summed E-state index contributed by atoms with van der Waals surface area (Å²) in [6.07, 6.45) is 0. The van der Waals surface area contributed by atoms with Crippen LogP contribution in [0.4, 0.5) is 0 Å². The molecule has 0 unspecified atom stereocenters. The maximum absolute atomic E-state index is 3.87. The molecule has 0 bridgehead atoms. The van der Waals surface area contributed by atoms with Crippen molar-refractivity contribution in [2.24, 2.45) is 0 Å². The number of para-hydroxylation sites is 1. The number of aromatic amines is 1. The Morgan fingerprint density at radius 1 is 0.370 bits per heavy atom. The summed E-state index contributed by atoms with van der Waals surface area (Å²) in [5.74, 6) is 0. The zero-order chi connectivity index (χ0) is 29.9. The molecule has 1 N–H and O–H groups in total. The van der Waals surface area contributed by atoms with Crippen LogP contribution in [0.15, 0.2) is 146 Å². The first-order chi connectivity index (χ1) is 22.8. The zero-order valence-corrected chi connectivity index (χ0v) is 25.6. The van der Waals surface area contributed by atoms with Crippen LogP contribution in [0.3, 0.4) is 0 Å². The molecule has 0 fully saturated rings. The highest BCUT2D eigenvalue weighted by atomic mass is 32.1. The van der Waals surface area contributed by atoms with E-state index in [9.17, 15) is 0 Å². The molecule has 46 heavy (non-hydrogen) atoms. The summed E-state index contributed by atoms with van der Waals surface area (Å²) in [5, 5.41) is 15.6. The van der Waals surface area contributed by atoms with Crippen molar-refractivity contribution in [3.63, 3.8) is 0 Å². The van der Waals surface area contributed by atoms with Gasteiger partial charge in [-0.1, -0.05) is 115 Å². The van der Waals surface area contributed by atoms with Crippen molar-refractivity contribution in [2.45, 2.75) is 0 Å². The van der Waals surface area contributed by atoms with E-state index in [0.29, 0.717) is 0 Å². The second-order valence-corrected chi connectivity index (χ2v) is 13.5. The number of benzene rings is 9. The van der Waals surface area contributed by atoms with E-state index >= 15 is 0 Å². The van der Waals surface area contributed by atoms with Crippen molar-refractivity contribution in [2.75, 3.05) is 0 Å². The van der Waals surface area contributed by atoms with Gasteiger partial charge in [0.15, 0.2) is 0 Å². The monoisotopic (exact) mass is 599 g/mol. The van der Waals surface area contributed by atoms with Crippen LogP contribution in [0, 0.1) is 0 Å². The van der Waals surface area contributed by atoms with Crippen LogP contribution in [-0.2, 0) is 0 Å². The Hall–Kier alpha value is -5.70. The predicted molar refractivity (Wildman–Crippen MR) is 201 cm³/mol. The summed E-state index contributed by atoms with van der Waals surface area (Å²) >= 11 is 1.90. The van der Waals surface area contributed by atoms with E-state index in [2.05, 4.69) is 151 Å². The van der Waals surface area contributed by atoms with E-state index in [1.165, 1.54) is 107 Å². The largest absolute Gasteiger partial charge is 0.354 e. The quantitative estimate of drug-likeness (QED) is 0.150. The maximum atomic E-state index is 3.87. The Bertz CT molecular complexity index is 2970. The maximum Gasteiger partial charge on any atom is 0.0551 e. The minimum absolute atomic E-state index is 1.17. The van der Waals surface area contributed by atoms with Crippen LogP contribution in [-0.4, -0.2) is 4.98 Å². The number of hydrogen-bond acceptors (Lipinski definition) is 1. The highest BCUT2D eigenvalue weighted by Crippen LogP contribution is 2.51. The molecule has 0 amide bonds. The van der Waals surface area contributed by atoms with Gasteiger partial charge < -0.3 is 4.98 Å². The number of aromatic nitrogens is 1. The van der Waals surface area contributed by atoms with Gasteiger partial charge in [0.05, 0.1) is 5.52 Å². The Morgan fingerprint density at radius 3 is 1.70 bits per heavy atom. The van der Waals surface area contributed by atoms with E-state index in [4.69, 9.17) is 0 Å². The van der Waals surface area contributed by atoms with Crippen molar-refractivity contribution < 1.29 is 0 Å². The van der Waals surface area contributed by atoms with Gasteiger partial charge in [-0.25, -0.2) is 0 Å². The lowest BCUT2D eigenvalue weighted by Gasteiger charge is -2.20. The molecule has 0 aliphatic rings. The molecule has 0 atom stereocenters. The molecule has 0 aliphatic carbocycles. The molecule has 1 nitrogen and oxygen atoms in total. The van der Waals surface area contributed by atoms with Crippen molar-refractivity contribution in [3.05, 3.63) is 146 Å². The highest BCUT2D eigenvalue weighted by molar-refractivity contribution is 7.26. The molecule has 2 heterocycles. The molecule has 0 saturated heterocycles. The topological polar surface area (TPSA) is 15.8 Å². The van der Waals surface area contributed by atoms with E-state index in [1.807, 2.05) is 11.3 Å². The number of hydrogen-bond donors (Lipinski definition) is 1. The second-order valence-electron chi connectivity index (χ2n) is 12.5. The van der Waals surface area contributed by atoms with Crippen LogP contribution in [0.1, 0.15) is 0 Å². The molecule has 0 spiro atoms. The smallest absolute Gasteiger partial charge is 0.0551 e. The fraction of sp³-hybridized carbons (Fsp3) is 0. The summed E-state index contributed by atoms with van der Waals surface area (Å²) in [7, 11) is 0. The van der Waals surface area contributed by atoms with Crippen LogP contribution >= 0.6 is 11.3 Å². The first-order valence-electron chi connectivity index (χ1n) is 15.9. The minimum atomic E-state index is 1.17. The average Bonchev–Trinajstić information content (AvgIpc) is 3.68. The van der Waals surface area contributed by atoms with Crippen molar-refractivity contribution in [3.8, 4) is 22.3 Å². The van der Waals surface area contributed by atoms with Gasteiger partial charge in [-0.05, 0) is 84.5 Å². The van der Waals surface area contributed by atoms with Crippen LogP contribution in [0.2, 0.25) is 0 Å². The molecule has 0 radical (unpaired) electrons. The third-order valence-corrected chi connectivity index (χ3v) is 11.2. The summed E-state index contributed by atoms with van der Waals surface area (Å²) in [6, 6.07) is 54.1. The van der Waals surface area contributed by atoms with Crippen molar-refractivity contribution in [1.29, 1.82) is 0 Å². The number of rotatable bonds is 2. The Kier molecular flexibility index (Phi) is 4.78. The first-order valence-corrected chi connectivity index (χ1v) is 16.7. The third kappa shape index (κ3) is 3.14. The Labute approximate surface area is 268 Å².